The smallest absolute Gasteiger partial charge is 0.148 e. The Morgan fingerprint density at radius 1 is 1.45 bits per heavy atom. The molecular weight excluding hydrogens is 144 g/mol. The molecule has 0 saturated heterocycles. The van der Waals surface area contributed by atoms with Crippen molar-refractivity contribution in [3.05, 3.63) is 5.82 Å². The van der Waals surface area contributed by atoms with Gasteiger partial charge in [0.15, 0.2) is 0 Å². The van der Waals surface area contributed by atoms with Crippen LogP contribution in [0.5, 0.6) is 0 Å². The van der Waals surface area contributed by atoms with Crippen molar-refractivity contribution in [2.24, 2.45) is 0 Å². The van der Waals surface area contributed by atoms with Crippen LogP contribution in [0, 0.1) is 6.92 Å². The lowest BCUT2D eigenvalue weighted by atomic mass is 10.3. The number of aryl methyl sites for hydroxylation is 2. The molecule has 1 aromatic rings. The van der Waals surface area contributed by atoms with Gasteiger partial charge in [-0.25, -0.2) is 4.68 Å². The summed E-state index contributed by atoms with van der Waals surface area (Å²) in [5, 5.41) is 19.5. The average Bonchev–Trinajstić information content (AvgIpc) is 2.37. The number of rotatable bonds is 4. The van der Waals surface area contributed by atoms with E-state index >= 15 is 0 Å². The van der Waals surface area contributed by atoms with E-state index < -0.39 is 0 Å². The van der Waals surface area contributed by atoms with Crippen LogP contribution in [-0.2, 0) is 6.54 Å². The van der Waals surface area contributed by atoms with Gasteiger partial charge >= 0.3 is 0 Å². The Morgan fingerprint density at radius 3 is 2.82 bits per heavy atom. The van der Waals surface area contributed by atoms with Crippen LogP contribution in [0.3, 0.4) is 0 Å². The van der Waals surface area contributed by atoms with Gasteiger partial charge in [-0.15, -0.1) is 5.10 Å². The van der Waals surface area contributed by atoms with E-state index in [0.29, 0.717) is 0 Å². The monoisotopic (exact) mass is 156 g/mol. The molecule has 0 aliphatic carbocycles. The van der Waals surface area contributed by atoms with Crippen molar-refractivity contribution in [2.75, 3.05) is 6.61 Å². The highest BCUT2D eigenvalue weighted by molar-refractivity contribution is 4.72. The largest absolute Gasteiger partial charge is 0.396 e. The molecule has 1 heterocycles. The molecule has 1 aromatic heterocycles. The first-order valence-corrected chi connectivity index (χ1v) is 3.68. The minimum Gasteiger partial charge on any atom is -0.396 e. The molecule has 0 radical (unpaired) electrons. The molecular formula is C6H12N4O. The van der Waals surface area contributed by atoms with Crippen LogP contribution in [0.4, 0.5) is 0 Å². The third-order valence-electron chi connectivity index (χ3n) is 1.49. The summed E-state index contributed by atoms with van der Waals surface area (Å²) in [6.45, 7) is 2.89. The molecule has 1 rings (SSSR count). The van der Waals surface area contributed by atoms with Crippen molar-refractivity contribution in [3.63, 3.8) is 0 Å². The van der Waals surface area contributed by atoms with Gasteiger partial charge in [-0.2, -0.15) is 0 Å². The van der Waals surface area contributed by atoms with E-state index in [4.69, 9.17) is 5.11 Å². The first kappa shape index (κ1) is 8.13. The molecule has 0 unspecified atom stereocenters. The number of nitrogens with zero attached hydrogens (tertiary/aromatic N) is 4. The number of hydrogen-bond acceptors (Lipinski definition) is 4. The second-order valence-corrected chi connectivity index (χ2v) is 2.38. The standard InChI is InChI=1S/C6H12N4O/c1-6-7-8-9-10(6)4-2-3-5-11/h11H,2-5H2,1H3. The maximum absolute atomic E-state index is 8.50. The number of aliphatic hydroxyl groups is 1. The molecule has 0 aliphatic rings. The highest BCUT2D eigenvalue weighted by atomic mass is 16.2. The Hall–Kier alpha value is -0.970. The zero-order valence-corrected chi connectivity index (χ0v) is 6.56. The summed E-state index contributed by atoms with van der Waals surface area (Å²) >= 11 is 0. The molecule has 62 valence electrons. The van der Waals surface area contributed by atoms with Crippen molar-refractivity contribution in [1.29, 1.82) is 0 Å². The summed E-state index contributed by atoms with van der Waals surface area (Å²) in [5.41, 5.74) is 0. The quantitative estimate of drug-likeness (QED) is 0.611. The van der Waals surface area contributed by atoms with Gasteiger partial charge in [0.25, 0.3) is 0 Å². The van der Waals surface area contributed by atoms with Crippen LogP contribution in [0.2, 0.25) is 0 Å². The SMILES string of the molecule is Cc1nnnn1CCCCO. The Bertz CT molecular complexity index is 210. The Morgan fingerprint density at radius 2 is 2.27 bits per heavy atom. The van der Waals surface area contributed by atoms with Crippen molar-refractivity contribution >= 4 is 0 Å². The van der Waals surface area contributed by atoms with E-state index in [1.807, 2.05) is 6.92 Å². The maximum Gasteiger partial charge on any atom is 0.148 e. The molecule has 0 atom stereocenters. The van der Waals surface area contributed by atoms with Crippen molar-refractivity contribution in [1.82, 2.24) is 20.2 Å². The summed E-state index contributed by atoms with van der Waals surface area (Å²) < 4.78 is 1.73. The molecule has 0 bridgehead atoms. The minimum atomic E-state index is 0.237. The van der Waals surface area contributed by atoms with Gasteiger partial charge < -0.3 is 5.11 Å². The van der Waals surface area contributed by atoms with Crippen molar-refractivity contribution in [2.45, 2.75) is 26.3 Å². The topological polar surface area (TPSA) is 63.8 Å². The molecule has 0 aliphatic heterocycles. The molecule has 5 heteroatoms. The van der Waals surface area contributed by atoms with Gasteiger partial charge in [-0.3, -0.25) is 0 Å². The molecule has 11 heavy (non-hydrogen) atoms. The summed E-state index contributed by atoms with van der Waals surface area (Å²) in [6, 6.07) is 0. The molecule has 0 aromatic carbocycles. The zero-order valence-electron chi connectivity index (χ0n) is 6.56. The lowest BCUT2D eigenvalue weighted by molar-refractivity contribution is 0.279. The maximum atomic E-state index is 8.50. The summed E-state index contributed by atoms with van der Waals surface area (Å²) in [7, 11) is 0. The zero-order chi connectivity index (χ0) is 8.10. The summed E-state index contributed by atoms with van der Waals surface area (Å²) in [5.74, 6) is 0.822. The first-order chi connectivity index (χ1) is 5.34. The van der Waals surface area contributed by atoms with Crippen molar-refractivity contribution < 1.29 is 5.11 Å². The minimum absolute atomic E-state index is 0.237. The van der Waals surface area contributed by atoms with Gasteiger partial charge in [-0.1, -0.05) is 0 Å². The Balaban J connectivity index is 2.32. The van der Waals surface area contributed by atoms with Crippen molar-refractivity contribution in [3.8, 4) is 0 Å². The second kappa shape index (κ2) is 4.02. The highest BCUT2D eigenvalue weighted by Gasteiger charge is 1.97. The predicted octanol–water partition coefficient (Wildman–Crippen LogP) is -0.246. The fourth-order valence-electron chi connectivity index (χ4n) is 0.829. The molecule has 0 amide bonds. The van der Waals surface area contributed by atoms with Crippen LogP contribution in [-0.4, -0.2) is 31.9 Å². The van der Waals surface area contributed by atoms with E-state index in [2.05, 4.69) is 15.5 Å². The van der Waals surface area contributed by atoms with E-state index in [0.717, 1.165) is 25.2 Å². The van der Waals surface area contributed by atoms with Crippen LogP contribution >= 0.6 is 0 Å². The summed E-state index contributed by atoms with van der Waals surface area (Å²) in [6.07, 6.45) is 1.72. The molecule has 0 spiro atoms. The summed E-state index contributed by atoms with van der Waals surface area (Å²) in [4.78, 5) is 0. The normalized spacial score (nSPS) is 10.4. The van der Waals surface area contributed by atoms with Crippen LogP contribution < -0.4 is 0 Å². The van der Waals surface area contributed by atoms with E-state index in [9.17, 15) is 0 Å². The molecule has 1 N–H and O–H groups in total. The molecule has 0 saturated carbocycles. The van der Waals surface area contributed by atoms with Gasteiger partial charge in [0.1, 0.15) is 5.82 Å². The van der Waals surface area contributed by atoms with Crippen LogP contribution in [0.15, 0.2) is 0 Å². The lowest BCUT2D eigenvalue weighted by Crippen LogP contribution is -2.03. The fourth-order valence-corrected chi connectivity index (χ4v) is 0.829. The van der Waals surface area contributed by atoms with Crippen LogP contribution in [0.25, 0.3) is 0 Å². The lowest BCUT2D eigenvalue weighted by Gasteiger charge is -1.98. The number of tetrazole rings is 1. The van der Waals surface area contributed by atoms with E-state index in [-0.39, 0.29) is 6.61 Å². The Labute approximate surface area is 65.0 Å². The van der Waals surface area contributed by atoms with E-state index in [1.54, 1.807) is 4.68 Å². The van der Waals surface area contributed by atoms with Gasteiger partial charge in [0.05, 0.1) is 0 Å². The average molecular weight is 156 g/mol. The third-order valence-corrected chi connectivity index (χ3v) is 1.49. The second-order valence-electron chi connectivity index (χ2n) is 2.38. The third kappa shape index (κ3) is 2.27. The molecule has 0 fully saturated rings. The number of aromatic nitrogens is 4. The van der Waals surface area contributed by atoms with Crippen LogP contribution in [0.1, 0.15) is 18.7 Å². The fraction of sp³-hybridized carbons (Fsp3) is 0.833. The Kier molecular flexibility index (Phi) is 2.97. The van der Waals surface area contributed by atoms with Gasteiger partial charge in [0, 0.05) is 13.2 Å². The van der Waals surface area contributed by atoms with Gasteiger partial charge in [0.2, 0.25) is 0 Å². The number of unbranched alkanes of at least 4 members (excludes halogenated alkanes) is 1. The van der Waals surface area contributed by atoms with E-state index in [1.165, 1.54) is 0 Å². The highest BCUT2D eigenvalue weighted by Crippen LogP contribution is 1.94. The first-order valence-electron chi connectivity index (χ1n) is 3.68. The number of aliphatic hydroxyl groups excluding tert-OH is 1. The molecule has 5 nitrogen and oxygen atoms in total. The van der Waals surface area contributed by atoms with Gasteiger partial charge in [-0.05, 0) is 30.2 Å². The number of hydrogen-bond donors (Lipinski definition) is 1. The predicted molar refractivity (Wildman–Crippen MR) is 38.9 cm³/mol.